The summed E-state index contributed by atoms with van der Waals surface area (Å²) in [5.74, 6) is -0.680. The average molecular weight is 434 g/mol. The van der Waals surface area contributed by atoms with Crippen LogP contribution in [-0.4, -0.2) is 16.1 Å². The van der Waals surface area contributed by atoms with Crippen LogP contribution in [0.2, 0.25) is 5.02 Å². The number of carbonyl (C=O) groups is 1. The summed E-state index contributed by atoms with van der Waals surface area (Å²) in [6.45, 7) is 0. The van der Waals surface area contributed by atoms with Gasteiger partial charge in [0.1, 0.15) is 17.0 Å². The fourth-order valence-corrected chi connectivity index (χ4v) is 3.05. The molecule has 30 heavy (non-hydrogen) atoms. The Morgan fingerprint density at radius 2 is 1.83 bits per heavy atom. The number of halogens is 4. The van der Waals surface area contributed by atoms with E-state index in [1.165, 1.54) is 18.2 Å². The van der Waals surface area contributed by atoms with Crippen molar-refractivity contribution >= 4 is 28.7 Å². The van der Waals surface area contributed by atoms with Crippen LogP contribution >= 0.6 is 11.6 Å². The number of aromatic carboxylic acids is 1. The van der Waals surface area contributed by atoms with Gasteiger partial charge in [-0.05, 0) is 42.5 Å². The number of alkyl halides is 3. The summed E-state index contributed by atoms with van der Waals surface area (Å²) in [4.78, 5) is 15.7. The van der Waals surface area contributed by atoms with Crippen molar-refractivity contribution < 1.29 is 32.2 Å². The van der Waals surface area contributed by atoms with E-state index >= 15 is 0 Å². The van der Waals surface area contributed by atoms with E-state index in [1.807, 2.05) is 0 Å². The molecular weight excluding hydrogens is 423 g/mol. The standard InChI is InChI=1S/C21H11ClF3NO4/c22-15-9-11(21(23,24)25)5-7-17(15)29-12-6-8-18-16(10-12)26-19(30-18)13-3-1-2-4-14(13)20(27)28/h1-10H,(H,27,28). The van der Waals surface area contributed by atoms with Gasteiger partial charge < -0.3 is 14.3 Å². The zero-order valence-electron chi connectivity index (χ0n) is 14.9. The van der Waals surface area contributed by atoms with E-state index in [9.17, 15) is 23.1 Å². The Balaban J connectivity index is 1.66. The minimum absolute atomic E-state index is 0.0389. The van der Waals surface area contributed by atoms with Gasteiger partial charge in [0, 0.05) is 6.07 Å². The molecule has 0 saturated carbocycles. The van der Waals surface area contributed by atoms with E-state index in [0.29, 0.717) is 16.7 Å². The van der Waals surface area contributed by atoms with E-state index < -0.39 is 17.7 Å². The van der Waals surface area contributed by atoms with Crippen LogP contribution in [0, 0.1) is 0 Å². The lowest BCUT2D eigenvalue weighted by Crippen LogP contribution is -2.04. The van der Waals surface area contributed by atoms with Crippen LogP contribution in [0.25, 0.3) is 22.6 Å². The summed E-state index contributed by atoms with van der Waals surface area (Å²) < 4.78 is 49.5. The Hall–Kier alpha value is -3.52. The van der Waals surface area contributed by atoms with E-state index in [-0.39, 0.29) is 28.0 Å². The predicted molar refractivity (Wildman–Crippen MR) is 103 cm³/mol. The summed E-state index contributed by atoms with van der Waals surface area (Å²) in [7, 11) is 0. The summed E-state index contributed by atoms with van der Waals surface area (Å²) in [5, 5.41) is 9.14. The van der Waals surface area contributed by atoms with Crippen molar-refractivity contribution in [2.75, 3.05) is 0 Å². The second kappa shape index (κ2) is 7.38. The third-order valence-corrected chi connectivity index (χ3v) is 4.53. The van der Waals surface area contributed by atoms with Gasteiger partial charge in [-0.3, -0.25) is 0 Å². The molecule has 0 spiro atoms. The number of benzene rings is 3. The highest BCUT2D eigenvalue weighted by atomic mass is 35.5. The fourth-order valence-electron chi connectivity index (χ4n) is 2.83. The molecule has 0 unspecified atom stereocenters. The quantitative estimate of drug-likeness (QED) is 0.389. The van der Waals surface area contributed by atoms with Gasteiger partial charge in [0.15, 0.2) is 5.58 Å². The lowest BCUT2D eigenvalue weighted by molar-refractivity contribution is -0.137. The van der Waals surface area contributed by atoms with Crippen LogP contribution in [0.4, 0.5) is 13.2 Å². The number of ether oxygens (including phenoxy) is 1. The molecular formula is C21H11ClF3NO4. The fraction of sp³-hybridized carbons (Fsp3) is 0.0476. The minimum atomic E-state index is -4.51. The molecule has 0 radical (unpaired) electrons. The van der Waals surface area contributed by atoms with Crippen molar-refractivity contribution in [2.24, 2.45) is 0 Å². The third-order valence-electron chi connectivity index (χ3n) is 4.23. The molecule has 152 valence electrons. The number of nitrogens with zero attached hydrogens (tertiary/aromatic N) is 1. The molecule has 1 heterocycles. The maximum Gasteiger partial charge on any atom is 0.416 e. The van der Waals surface area contributed by atoms with Crippen LogP contribution in [0.1, 0.15) is 15.9 Å². The third kappa shape index (κ3) is 3.81. The van der Waals surface area contributed by atoms with Crippen LogP contribution in [0.3, 0.4) is 0 Å². The first-order valence-electron chi connectivity index (χ1n) is 8.50. The number of rotatable bonds is 4. The molecule has 0 bridgehead atoms. The molecule has 0 aliphatic heterocycles. The molecule has 0 aliphatic rings. The van der Waals surface area contributed by atoms with Gasteiger partial charge >= 0.3 is 12.1 Å². The van der Waals surface area contributed by atoms with Gasteiger partial charge in [0.25, 0.3) is 0 Å². The van der Waals surface area contributed by atoms with Crippen molar-refractivity contribution in [3.8, 4) is 23.0 Å². The predicted octanol–water partition coefficient (Wildman–Crippen LogP) is 6.66. The molecule has 0 fully saturated rings. The van der Waals surface area contributed by atoms with Crippen LogP contribution in [0.15, 0.2) is 65.1 Å². The molecule has 0 saturated heterocycles. The zero-order chi connectivity index (χ0) is 21.5. The summed E-state index contributed by atoms with van der Waals surface area (Å²) in [6, 6.07) is 13.7. The number of hydrogen-bond acceptors (Lipinski definition) is 4. The monoisotopic (exact) mass is 433 g/mol. The molecule has 3 aromatic carbocycles. The number of carboxylic acid groups (broad SMARTS) is 1. The molecule has 0 aliphatic carbocycles. The number of aromatic nitrogens is 1. The molecule has 0 amide bonds. The van der Waals surface area contributed by atoms with E-state index in [4.69, 9.17) is 20.8 Å². The Morgan fingerprint density at radius 1 is 1.07 bits per heavy atom. The van der Waals surface area contributed by atoms with Crippen LogP contribution < -0.4 is 4.74 Å². The van der Waals surface area contributed by atoms with Crippen molar-refractivity contribution in [3.05, 3.63) is 76.8 Å². The van der Waals surface area contributed by atoms with Crippen molar-refractivity contribution in [1.29, 1.82) is 0 Å². The Morgan fingerprint density at radius 3 is 2.53 bits per heavy atom. The van der Waals surface area contributed by atoms with Gasteiger partial charge in [-0.15, -0.1) is 0 Å². The molecule has 9 heteroatoms. The smallest absolute Gasteiger partial charge is 0.416 e. The van der Waals surface area contributed by atoms with Crippen LogP contribution in [-0.2, 0) is 6.18 Å². The van der Waals surface area contributed by atoms with E-state index in [0.717, 1.165) is 18.2 Å². The molecule has 5 nitrogen and oxygen atoms in total. The lowest BCUT2D eigenvalue weighted by Gasteiger charge is -2.11. The van der Waals surface area contributed by atoms with Crippen molar-refractivity contribution in [3.63, 3.8) is 0 Å². The van der Waals surface area contributed by atoms with Crippen LogP contribution in [0.5, 0.6) is 11.5 Å². The summed E-state index contributed by atoms with van der Waals surface area (Å²) in [5.41, 5.74) is 0.238. The maximum absolute atomic E-state index is 12.8. The lowest BCUT2D eigenvalue weighted by atomic mass is 10.1. The largest absolute Gasteiger partial charge is 0.478 e. The van der Waals surface area contributed by atoms with E-state index in [2.05, 4.69) is 4.98 Å². The number of hydrogen-bond donors (Lipinski definition) is 1. The zero-order valence-corrected chi connectivity index (χ0v) is 15.7. The number of oxazole rings is 1. The van der Waals surface area contributed by atoms with Crippen molar-refractivity contribution in [2.45, 2.75) is 6.18 Å². The van der Waals surface area contributed by atoms with E-state index in [1.54, 1.807) is 24.3 Å². The van der Waals surface area contributed by atoms with Gasteiger partial charge in [-0.1, -0.05) is 23.7 Å². The first-order valence-corrected chi connectivity index (χ1v) is 8.88. The summed E-state index contributed by atoms with van der Waals surface area (Å²) >= 11 is 5.92. The maximum atomic E-state index is 12.8. The number of fused-ring (bicyclic) bond motifs is 1. The number of carboxylic acids is 1. The molecule has 1 aromatic heterocycles. The van der Waals surface area contributed by atoms with Gasteiger partial charge in [-0.2, -0.15) is 13.2 Å². The second-order valence-corrected chi connectivity index (χ2v) is 6.65. The highest BCUT2D eigenvalue weighted by molar-refractivity contribution is 6.32. The molecule has 0 atom stereocenters. The van der Waals surface area contributed by atoms with Gasteiger partial charge in [-0.25, -0.2) is 9.78 Å². The highest BCUT2D eigenvalue weighted by Crippen LogP contribution is 2.37. The first kappa shape index (κ1) is 19.8. The SMILES string of the molecule is O=C(O)c1ccccc1-c1nc2cc(Oc3ccc(C(F)(F)F)cc3Cl)ccc2o1. The first-order chi connectivity index (χ1) is 14.2. The Kier molecular flexibility index (Phi) is 4.87. The second-order valence-electron chi connectivity index (χ2n) is 6.24. The molecule has 4 aromatic rings. The average Bonchev–Trinajstić information content (AvgIpc) is 3.12. The molecule has 1 N–H and O–H groups in total. The Labute approximate surface area is 172 Å². The van der Waals surface area contributed by atoms with Gasteiger partial charge in [0.2, 0.25) is 5.89 Å². The van der Waals surface area contributed by atoms with Crippen molar-refractivity contribution in [1.82, 2.24) is 4.98 Å². The minimum Gasteiger partial charge on any atom is -0.478 e. The summed E-state index contributed by atoms with van der Waals surface area (Å²) in [6.07, 6.45) is -4.51. The Bertz CT molecular complexity index is 1270. The van der Waals surface area contributed by atoms with Gasteiger partial charge in [0.05, 0.1) is 21.7 Å². The highest BCUT2D eigenvalue weighted by Gasteiger charge is 2.31. The normalized spacial score (nSPS) is 11.6. The topological polar surface area (TPSA) is 72.6 Å². The molecule has 4 rings (SSSR count).